The summed E-state index contributed by atoms with van der Waals surface area (Å²) in [5.41, 5.74) is 0.662. The first-order chi connectivity index (χ1) is 13.5. The molecule has 152 valence electrons. The molecule has 7 nitrogen and oxygen atoms in total. The summed E-state index contributed by atoms with van der Waals surface area (Å²) in [4.78, 5) is 2.23. The third-order valence-electron chi connectivity index (χ3n) is 4.72. The van der Waals surface area contributed by atoms with Crippen LogP contribution in [-0.4, -0.2) is 57.7 Å². The summed E-state index contributed by atoms with van der Waals surface area (Å²) >= 11 is 0. The summed E-state index contributed by atoms with van der Waals surface area (Å²) in [6.07, 6.45) is 0.853. The number of phenols is 1. The van der Waals surface area contributed by atoms with Gasteiger partial charge in [0.15, 0.2) is 11.5 Å². The first-order valence-electron chi connectivity index (χ1n) is 9.31. The molecule has 0 atom stereocenters. The van der Waals surface area contributed by atoms with Gasteiger partial charge in [0.25, 0.3) is 0 Å². The minimum absolute atomic E-state index is 0.0995. The molecule has 3 rings (SSSR count). The van der Waals surface area contributed by atoms with Gasteiger partial charge >= 0.3 is 0 Å². The van der Waals surface area contributed by atoms with Crippen molar-refractivity contribution >= 4 is 15.7 Å². The number of hydrogen-bond donors (Lipinski definition) is 1. The third kappa shape index (κ3) is 4.18. The molecule has 28 heavy (non-hydrogen) atoms. The Bertz CT molecular complexity index is 891. The predicted octanol–water partition coefficient (Wildman–Crippen LogP) is 2.70. The number of phenolic OH excluding ortho intramolecular Hbond substituents is 1. The van der Waals surface area contributed by atoms with Gasteiger partial charge in [0.05, 0.1) is 24.3 Å². The number of para-hydroxylation sites is 1. The fourth-order valence-corrected chi connectivity index (χ4v) is 4.58. The lowest BCUT2D eigenvalue weighted by Crippen LogP contribution is -2.48. The first kappa shape index (κ1) is 20.3. The van der Waals surface area contributed by atoms with E-state index in [2.05, 4.69) is 0 Å². The standard InChI is InChI=1S/C20H26N2O5S/c1-3-15-27-19-6-4-5-18(20(19)23)21-11-13-22(14-12-21)28(24,25)17-9-7-16(26-2)8-10-17/h4-10,23H,3,11-15H2,1-2H3. The van der Waals surface area contributed by atoms with E-state index in [9.17, 15) is 13.5 Å². The van der Waals surface area contributed by atoms with Crippen LogP contribution < -0.4 is 14.4 Å². The SMILES string of the molecule is CCCOc1cccc(N2CCN(S(=O)(=O)c3ccc(OC)cc3)CC2)c1O. The fraction of sp³-hybridized carbons (Fsp3) is 0.400. The number of hydrogen-bond acceptors (Lipinski definition) is 6. The number of methoxy groups -OCH3 is 1. The molecule has 1 N–H and O–H groups in total. The highest BCUT2D eigenvalue weighted by atomic mass is 32.2. The molecule has 0 amide bonds. The first-order valence-corrected chi connectivity index (χ1v) is 10.7. The Labute approximate surface area is 166 Å². The largest absolute Gasteiger partial charge is 0.503 e. The van der Waals surface area contributed by atoms with Crippen molar-refractivity contribution in [3.8, 4) is 17.2 Å². The summed E-state index contributed by atoms with van der Waals surface area (Å²) < 4.78 is 37.9. The highest BCUT2D eigenvalue weighted by Crippen LogP contribution is 2.37. The monoisotopic (exact) mass is 406 g/mol. The van der Waals surface area contributed by atoms with Crippen molar-refractivity contribution in [2.75, 3.05) is 44.8 Å². The second-order valence-corrected chi connectivity index (χ2v) is 8.48. The Morgan fingerprint density at radius 2 is 1.71 bits per heavy atom. The van der Waals surface area contributed by atoms with E-state index in [0.717, 1.165) is 6.42 Å². The summed E-state index contributed by atoms with van der Waals surface area (Å²) in [5.74, 6) is 1.17. The zero-order chi connectivity index (χ0) is 20.1. The van der Waals surface area contributed by atoms with Crippen LogP contribution in [0.5, 0.6) is 17.2 Å². The van der Waals surface area contributed by atoms with Crippen LogP contribution in [0.4, 0.5) is 5.69 Å². The molecule has 1 aliphatic heterocycles. The average molecular weight is 407 g/mol. The maximum atomic E-state index is 12.9. The molecule has 2 aromatic carbocycles. The Kier molecular flexibility index (Phi) is 6.31. The normalized spacial score (nSPS) is 15.4. The topological polar surface area (TPSA) is 79.3 Å². The lowest BCUT2D eigenvalue weighted by molar-refractivity contribution is 0.299. The number of ether oxygens (including phenoxy) is 2. The quantitative estimate of drug-likeness (QED) is 0.762. The number of anilines is 1. The molecule has 1 aliphatic rings. The Morgan fingerprint density at radius 3 is 2.32 bits per heavy atom. The van der Waals surface area contributed by atoms with Crippen LogP contribution in [0.3, 0.4) is 0 Å². The van der Waals surface area contributed by atoms with Crippen molar-refractivity contribution in [1.82, 2.24) is 4.31 Å². The van der Waals surface area contributed by atoms with Crippen LogP contribution in [0.2, 0.25) is 0 Å². The number of piperazine rings is 1. The van der Waals surface area contributed by atoms with Crippen LogP contribution in [0.1, 0.15) is 13.3 Å². The molecular weight excluding hydrogens is 380 g/mol. The van der Waals surface area contributed by atoms with E-state index in [-0.39, 0.29) is 10.6 Å². The van der Waals surface area contributed by atoms with Gasteiger partial charge in [-0.25, -0.2) is 8.42 Å². The summed E-state index contributed by atoms with van der Waals surface area (Å²) in [7, 11) is -2.02. The van der Waals surface area contributed by atoms with Gasteiger partial charge in [0.2, 0.25) is 10.0 Å². The van der Waals surface area contributed by atoms with Crippen LogP contribution in [0.15, 0.2) is 47.4 Å². The van der Waals surface area contributed by atoms with Crippen LogP contribution >= 0.6 is 0 Å². The van der Waals surface area contributed by atoms with E-state index in [1.54, 1.807) is 37.4 Å². The maximum Gasteiger partial charge on any atom is 0.243 e. The maximum absolute atomic E-state index is 12.9. The Hall–Kier alpha value is -2.45. The summed E-state index contributed by atoms with van der Waals surface area (Å²) in [6, 6.07) is 11.8. The fourth-order valence-electron chi connectivity index (χ4n) is 3.16. The Morgan fingerprint density at radius 1 is 1.04 bits per heavy atom. The number of sulfonamides is 1. The number of nitrogens with zero attached hydrogens (tertiary/aromatic N) is 2. The second-order valence-electron chi connectivity index (χ2n) is 6.54. The van der Waals surface area contributed by atoms with E-state index >= 15 is 0 Å². The summed E-state index contributed by atoms with van der Waals surface area (Å²) in [6.45, 7) is 4.19. The number of benzene rings is 2. The molecule has 1 saturated heterocycles. The zero-order valence-electron chi connectivity index (χ0n) is 16.2. The van der Waals surface area contributed by atoms with E-state index in [1.165, 1.54) is 4.31 Å². The second kappa shape index (κ2) is 8.70. The van der Waals surface area contributed by atoms with Crippen molar-refractivity contribution in [3.63, 3.8) is 0 Å². The number of rotatable bonds is 7. The van der Waals surface area contributed by atoms with Crippen molar-refractivity contribution < 1.29 is 23.0 Å². The lowest BCUT2D eigenvalue weighted by Gasteiger charge is -2.35. The van der Waals surface area contributed by atoms with Gasteiger partial charge in [-0.1, -0.05) is 13.0 Å². The van der Waals surface area contributed by atoms with Crippen LogP contribution in [0.25, 0.3) is 0 Å². The predicted molar refractivity (Wildman–Crippen MR) is 108 cm³/mol. The molecule has 8 heteroatoms. The zero-order valence-corrected chi connectivity index (χ0v) is 17.0. The number of aromatic hydroxyl groups is 1. The van der Waals surface area contributed by atoms with Crippen molar-refractivity contribution in [3.05, 3.63) is 42.5 Å². The van der Waals surface area contributed by atoms with E-state index < -0.39 is 10.0 Å². The van der Waals surface area contributed by atoms with Gasteiger partial charge in [-0.3, -0.25) is 0 Å². The molecular formula is C20H26N2O5S. The van der Waals surface area contributed by atoms with E-state index in [1.807, 2.05) is 24.0 Å². The Balaban J connectivity index is 1.70. The summed E-state index contributed by atoms with van der Waals surface area (Å²) in [5, 5.41) is 10.5. The van der Waals surface area contributed by atoms with Gasteiger partial charge in [-0.05, 0) is 42.8 Å². The molecule has 0 unspecified atom stereocenters. The van der Waals surface area contributed by atoms with Crippen molar-refractivity contribution in [2.45, 2.75) is 18.2 Å². The minimum Gasteiger partial charge on any atom is -0.503 e. The average Bonchev–Trinajstić information content (AvgIpc) is 2.73. The smallest absolute Gasteiger partial charge is 0.243 e. The molecule has 2 aromatic rings. The van der Waals surface area contributed by atoms with Crippen LogP contribution in [0, 0.1) is 0 Å². The highest BCUT2D eigenvalue weighted by Gasteiger charge is 2.29. The lowest BCUT2D eigenvalue weighted by atomic mass is 10.2. The molecule has 0 radical (unpaired) electrons. The van der Waals surface area contributed by atoms with Crippen molar-refractivity contribution in [2.24, 2.45) is 0 Å². The minimum atomic E-state index is -3.56. The van der Waals surface area contributed by atoms with Gasteiger partial charge in [-0.15, -0.1) is 0 Å². The van der Waals surface area contributed by atoms with Gasteiger partial charge in [0.1, 0.15) is 5.75 Å². The van der Waals surface area contributed by atoms with Crippen molar-refractivity contribution in [1.29, 1.82) is 0 Å². The molecule has 0 aliphatic carbocycles. The van der Waals surface area contributed by atoms with E-state index in [0.29, 0.717) is 50.0 Å². The highest BCUT2D eigenvalue weighted by molar-refractivity contribution is 7.89. The molecule has 1 fully saturated rings. The van der Waals surface area contributed by atoms with E-state index in [4.69, 9.17) is 9.47 Å². The van der Waals surface area contributed by atoms with Crippen LogP contribution in [-0.2, 0) is 10.0 Å². The third-order valence-corrected chi connectivity index (χ3v) is 6.63. The molecule has 1 heterocycles. The van der Waals surface area contributed by atoms with Gasteiger partial charge in [0, 0.05) is 26.2 Å². The molecule has 0 aromatic heterocycles. The molecule has 0 bridgehead atoms. The molecule has 0 spiro atoms. The van der Waals surface area contributed by atoms with Gasteiger partial charge < -0.3 is 19.5 Å². The van der Waals surface area contributed by atoms with Gasteiger partial charge in [-0.2, -0.15) is 4.31 Å². The molecule has 0 saturated carbocycles.